The lowest BCUT2D eigenvalue weighted by atomic mass is 10.0. The van der Waals surface area contributed by atoms with Crippen LogP contribution in [0.4, 0.5) is 5.69 Å². The molecule has 0 spiro atoms. The van der Waals surface area contributed by atoms with Gasteiger partial charge < -0.3 is 19.3 Å². The van der Waals surface area contributed by atoms with Crippen molar-refractivity contribution in [1.29, 1.82) is 0 Å². The van der Waals surface area contributed by atoms with E-state index in [9.17, 15) is 4.79 Å². The van der Waals surface area contributed by atoms with Crippen LogP contribution in [0.25, 0.3) is 0 Å². The molecule has 0 aliphatic carbocycles. The lowest BCUT2D eigenvalue weighted by Crippen LogP contribution is -2.42. The highest BCUT2D eigenvalue weighted by Gasteiger charge is 2.34. The third-order valence-electron chi connectivity index (χ3n) is 6.18. The minimum atomic E-state index is 0.122. The van der Waals surface area contributed by atoms with Crippen LogP contribution in [0.2, 0.25) is 0 Å². The first-order valence-corrected chi connectivity index (χ1v) is 10.2. The maximum atomic E-state index is 13.3. The average Bonchev–Trinajstić information content (AvgIpc) is 3.33. The summed E-state index contributed by atoms with van der Waals surface area (Å²) in [6.45, 7) is 4.64. The molecule has 0 N–H and O–H groups in total. The lowest BCUT2D eigenvalue weighted by molar-refractivity contribution is -0.130. The number of anilines is 1. The second-order valence-corrected chi connectivity index (χ2v) is 7.96. The maximum Gasteiger partial charge on any atom is 0.242 e. The Labute approximate surface area is 165 Å². The number of hydrogen-bond acceptors (Lipinski definition) is 4. The molecule has 3 heterocycles. The molecular weight excluding hydrogens is 352 g/mol. The second kappa shape index (κ2) is 7.04. The van der Waals surface area contributed by atoms with Gasteiger partial charge in [0.15, 0.2) is 11.5 Å². The summed E-state index contributed by atoms with van der Waals surface area (Å²) >= 11 is 0. The van der Waals surface area contributed by atoms with Crippen molar-refractivity contribution in [3.05, 3.63) is 53.6 Å². The van der Waals surface area contributed by atoms with Gasteiger partial charge in [0.25, 0.3) is 0 Å². The van der Waals surface area contributed by atoms with Crippen molar-refractivity contribution >= 4 is 11.6 Å². The number of ether oxygens (including phenoxy) is 2. The molecule has 0 bridgehead atoms. The summed E-state index contributed by atoms with van der Waals surface area (Å²) in [6.07, 6.45) is 3.05. The monoisotopic (exact) mass is 378 g/mol. The van der Waals surface area contributed by atoms with Crippen LogP contribution in [0.3, 0.4) is 0 Å². The molecule has 1 saturated heterocycles. The SMILES string of the molecule is C[C@@H]1Cc2ccccc2N1CC(=O)N1CCC[C@H]1c1ccc2c(c1)OCCO2. The molecule has 3 aliphatic rings. The van der Waals surface area contributed by atoms with Crippen LogP contribution >= 0.6 is 0 Å². The molecule has 0 unspecified atom stereocenters. The zero-order chi connectivity index (χ0) is 19.1. The minimum absolute atomic E-state index is 0.122. The van der Waals surface area contributed by atoms with Crippen molar-refractivity contribution in [3.63, 3.8) is 0 Å². The Hall–Kier alpha value is -2.69. The highest BCUT2D eigenvalue weighted by Crippen LogP contribution is 2.39. The van der Waals surface area contributed by atoms with E-state index in [0.717, 1.165) is 42.9 Å². The van der Waals surface area contributed by atoms with Crippen LogP contribution in [0.15, 0.2) is 42.5 Å². The number of likely N-dealkylation sites (tertiary alicyclic amines) is 1. The Morgan fingerprint density at radius 3 is 2.82 bits per heavy atom. The van der Waals surface area contributed by atoms with E-state index in [1.54, 1.807) is 0 Å². The fraction of sp³-hybridized carbons (Fsp3) is 0.435. The number of amides is 1. The smallest absolute Gasteiger partial charge is 0.242 e. The molecule has 146 valence electrons. The predicted octanol–water partition coefficient (Wildman–Crippen LogP) is 3.57. The zero-order valence-corrected chi connectivity index (χ0v) is 16.3. The van der Waals surface area contributed by atoms with Gasteiger partial charge in [-0.15, -0.1) is 0 Å². The summed E-state index contributed by atoms with van der Waals surface area (Å²) in [7, 11) is 0. The van der Waals surface area contributed by atoms with Gasteiger partial charge in [0.05, 0.1) is 12.6 Å². The van der Waals surface area contributed by atoms with Gasteiger partial charge in [0, 0.05) is 18.3 Å². The van der Waals surface area contributed by atoms with Crippen molar-refractivity contribution in [2.75, 3.05) is 31.2 Å². The molecule has 3 aliphatic heterocycles. The van der Waals surface area contributed by atoms with E-state index in [1.165, 1.54) is 11.3 Å². The normalized spacial score (nSPS) is 23.0. The number of fused-ring (bicyclic) bond motifs is 2. The molecule has 2 atom stereocenters. The van der Waals surface area contributed by atoms with E-state index in [2.05, 4.69) is 53.1 Å². The highest BCUT2D eigenvalue weighted by atomic mass is 16.6. The van der Waals surface area contributed by atoms with Gasteiger partial charge in [-0.1, -0.05) is 24.3 Å². The van der Waals surface area contributed by atoms with Crippen molar-refractivity contribution in [2.24, 2.45) is 0 Å². The van der Waals surface area contributed by atoms with Crippen molar-refractivity contribution in [3.8, 4) is 11.5 Å². The Kier molecular flexibility index (Phi) is 4.38. The van der Waals surface area contributed by atoms with E-state index in [1.807, 2.05) is 6.07 Å². The molecule has 1 amide bonds. The third-order valence-corrected chi connectivity index (χ3v) is 6.18. The Morgan fingerprint density at radius 2 is 1.93 bits per heavy atom. The number of benzene rings is 2. The molecule has 2 aromatic carbocycles. The van der Waals surface area contributed by atoms with E-state index >= 15 is 0 Å². The number of nitrogens with zero attached hydrogens (tertiary/aromatic N) is 2. The maximum absolute atomic E-state index is 13.3. The van der Waals surface area contributed by atoms with Crippen LogP contribution in [0, 0.1) is 0 Å². The van der Waals surface area contributed by atoms with Gasteiger partial charge in [-0.3, -0.25) is 4.79 Å². The first kappa shape index (κ1) is 17.4. The molecule has 28 heavy (non-hydrogen) atoms. The van der Waals surface area contributed by atoms with Gasteiger partial charge in [-0.25, -0.2) is 0 Å². The van der Waals surface area contributed by atoms with Gasteiger partial charge in [-0.2, -0.15) is 0 Å². The van der Waals surface area contributed by atoms with Crippen LogP contribution in [0.1, 0.15) is 36.9 Å². The van der Waals surface area contributed by atoms with Crippen molar-refractivity contribution in [1.82, 2.24) is 4.90 Å². The van der Waals surface area contributed by atoms with E-state index in [4.69, 9.17) is 9.47 Å². The van der Waals surface area contributed by atoms with Crippen molar-refractivity contribution in [2.45, 2.75) is 38.3 Å². The highest BCUT2D eigenvalue weighted by molar-refractivity contribution is 5.83. The topological polar surface area (TPSA) is 42.0 Å². The first-order chi connectivity index (χ1) is 13.7. The summed E-state index contributed by atoms with van der Waals surface area (Å²) in [4.78, 5) is 17.6. The third kappa shape index (κ3) is 2.99. The number of carbonyl (C=O) groups excluding carboxylic acids is 1. The molecule has 0 aromatic heterocycles. The summed E-state index contributed by atoms with van der Waals surface area (Å²) < 4.78 is 11.4. The standard InChI is InChI=1S/C23H26N2O3/c1-16-13-17-5-2-3-6-20(17)25(16)15-23(26)24-10-4-7-19(24)18-8-9-21-22(14-18)28-12-11-27-21/h2-3,5-6,8-9,14,16,19H,4,7,10-13,15H2,1H3/t16-,19+/m1/s1. The Morgan fingerprint density at radius 1 is 1.11 bits per heavy atom. The van der Waals surface area contributed by atoms with Crippen molar-refractivity contribution < 1.29 is 14.3 Å². The largest absolute Gasteiger partial charge is 0.486 e. The minimum Gasteiger partial charge on any atom is -0.486 e. The summed E-state index contributed by atoms with van der Waals surface area (Å²) in [5, 5.41) is 0. The molecule has 5 rings (SSSR count). The average molecular weight is 378 g/mol. The predicted molar refractivity (Wildman–Crippen MR) is 108 cm³/mol. The van der Waals surface area contributed by atoms with Gasteiger partial charge in [0.2, 0.25) is 5.91 Å². The molecule has 0 saturated carbocycles. The fourth-order valence-corrected chi connectivity index (χ4v) is 4.79. The lowest BCUT2D eigenvalue weighted by Gasteiger charge is -2.31. The molecule has 1 fully saturated rings. The molecule has 5 heteroatoms. The summed E-state index contributed by atoms with van der Waals surface area (Å²) in [5.41, 5.74) is 3.69. The van der Waals surface area contributed by atoms with E-state index in [0.29, 0.717) is 25.8 Å². The summed E-state index contributed by atoms with van der Waals surface area (Å²) in [6, 6.07) is 15.0. The fourth-order valence-electron chi connectivity index (χ4n) is 4.79. The number of hydrogen-bond donors (Lipinski definition) is 0. The second-order valence-electron chi connectivity index (χ2n) is 7.96. The first-order valence-electron chi connectivity index (χ1n) is 10.2. The van der Waals surface area contributed by atoms with E-state index < -0.39 is 0 Å². The van der Waals surface area contributed by atoms with Crippen LogP contribution in [-0.4, -0.2) is 43.2 Å². The molecule has 2 aromatic rings. The molecule has 5 nitrogen and oxygen atoms in total. The summed E-state index contributed by atoms with van der Waals surface area (Å²) in [5.74, 6) is 1.81. The Bertz CT molecular complexity index is 897. The zero-order valence-electron chi connectivity index (χ0n) is 16.3. The Balaban J connectivity index is 1.35. The van der Waals surface area contributed by atoms with E-state index in [-0.39, 0.29) is 11.9 Å². The molecule has 0 radical (unpaired) electrons. The van der Waals surface area contributed by atoms with Crippen LogP contribution in [0.5, 0.6) is 11.5 Å². The van der Waals surface area contributed by atoms with Crippen LogP contribution in [-0.2, 0) is 11.2 Å². The van der Waals surface area contributed by atoms with Gasteiger partial charge >= 0.3 is 0 Å². The van der Waals surface area contributed by atoms with Crippen LogP contribution < -0.4 is 14.4 Å². The quantitative estimate of drug-likeness (QED) is 0.819. The van der Waals surface area contributed by atoms with Gasteiger partial charge in [0.1, 0.15) is 13.2 Å². The number of carbonyl (C=O) groups is 1. The number of rotatable bonds is 3. The van der Waals surface area contributed by atoms with Gasteiger partial charge in [-0.05, 0) is 55.5 Å². The molecular formula is C23H26N2O3. The number of para-hydroxylation sites is 1.